The first-order valence-corrected chi connectivity index (χ1v) is 10.4. The zero-order valence-corrected chi connectivity index (χ0v) is 19.0. The number of rotatable bonds is 6. The molecule has 9 heteroatoms. The Labute approximate surface area is 198 Å². The summed E-state index contributed by atoms with van der Waals surface area (Å²) in [6, 6.07) is 15.6. The molecule has 0 fully saturated rings. The summed E-state index contributed by atoms with van der Waals surface area (Å²) in [6.45, 7) is 0. The molecular weight excluding hydrogens is 484 g/mol. The quantitative estimate of drug-likeness (QED) is 0.299. The molecule has 2 N–H and O–H groups in total. The average molecular weight is 499 g/mol. The SMILES string of the molecule is COc1ccc([C@@H](NC(=O)c2c(Cl)c(Cl)c(Cl)c(Cl)c2C(=O)O)c2ccccc2)cc1. The van der Waals surface area contributed by atoms with Crippen molar-refractivity contribution in [1.82, 2.24) is 5.32 Å². The number of carbonyl (C=O) groups excluding carboxylic acids is 1. The van der Waals surface area contributed by atoms with E-state index < -0.39 is 23.5 Å². The summed E-state index contributed by atoms with van der Waals surface area (Å²) in [7, 11) is 1.55. The summed E-state index contributed by atoms with van der Waals surface area (Å²) in [4.78, 5) is 25.1. The minimum Gasteiger partial charge on any atom is -0.497 e. The lowest BCUT2D eigenvalue weighted by Gasteiger charge is -2.22. The van der Waals surface area contributed by atoms with Crippen molar-refractivity contribution in [3.8, 4) is 5.75 Å². The van der Waals surface area contributed by atoms with Crippen LogP contribution in [0, 0.1) is 0 Å². The highest BCUT2D eigenvalue weighted by Crippen LogP contribution is 2.42. The highest BCUT2D eigenvalue weighted by atomic mass is 35.5. The first-order valence-electron chi connectivity index (χ1n) is 8.85. The second-order valence-electron chi connectivity index (χ2n) is 6.40. The maximum atomic E-state index is 13.2. The van der Waals surface area contributed by atoms with E-state index in [-0.39, 0.29) is 25.7 Å². The van der Waals surface area contributed by atoms with Gasteiger partial charge in [-0.05, 0) is 23.3 Å². The predicted molar refractivity (Wildman–Crippen MR) is 122 cm³/mol. The molecule has 0 aliphatic rings. The third kappa shape index (κ3) is 4.75. The largest absolute Gasteiger partial charge is 0.497 e. The van der Waals surface area contributed by atoms with Gasteiger partial charge in [0.05, 0.1) is 44.4 Å². The molecule has 31 heavy (non-hydrogen) atoms. The highest BCUT2D eigenvalue weighted by molar-refractivity contribution is 6.54. The molecule has 3 aromatic carbocycles. The van der Waals surface area contributed by atoms with Gasteiger partial charge < -0.3 is 15.2 Å². The fourth-order valence-electron chi connectivity index (χ4n) is 3.05. The molecule has 5 nitrogen and oxygen atoms in total. The molecular formula is C22H15Cl4NO4. The summed E-state index contributed by atoms with van der Waals surface area (Å²) in [5, 5.41) is 11.3. The van der Waals surface area contributed by atoms with Crippen molar-refractivity contribution in [2.45, 2.75) is 6.04 Å². The molecule has 0 bridgehead atoms. The molecule has 0 saturated heterocycles. The van der Waals surface area contributed by atoms with Crippen LogP contribution in [0.2, 0.25) is 20.1 Å². The van der Waals surface area contributed by atoms with Crippen LogP contribution in [0.1, 0.15) is 37.9 Å². The number of aromatic carboxylic acids is 1. The maximum Gasteiger partial charge on any atom is 0.338 e. The summed E-state index contributed by atoms with van der Waals surface area (Å²) in [5.74, 6) is -1.58. The van der Waals surface area contributed by atoms with Gasteiger partial charge in [-0.15, -0.1) is 0 Å². The van der Waals surface area contributed by atoms with Crippen molar-refractivity contribution in [3.63, 3.8) is 0 Å². The first kappa shape index (κ1) is 23.2. The number of amides is 1. The van der Waals surface area contributed by atoms with Crippen LogP contribution in [0.15, 0.2) is 54.6 Å². The Morgan fingerprint density at radius 1 is 0.806 bits per heavy atom. The van der Waals surface area contributed by atoms with Crippen LogP contribution in [0.3, 0.4) is 0 Å². The Hall–Kier alpha value is -2.44. The standard InChI is InChI=1S/C22H15Cl4NO4/c1-31-13-9-7-12(8-10-13)20(11-5-3-2-4-6-11)27-21(28)14-15(22(29)30)17(24)19(26)18(25)16(14)23/h2-10,20H,1H3,(H,27,28)(H,29,30)/t20-/m0/s1. The van der Waals surface area contributed by atoms with Gasteiger partial charge in [0, 0.05) is 0 Å². The Balaban J connectivity index is 2.11. The van der Waals surface area contributed by atoms with E-state index in [9.17, 15) is 14.7 Å². The monoisotopic (exact) mass is 497 g/mol. The average Bonchev–Trinajstić information content (AvgIpc) is 2.78. The second-order valence-corrected chi connectivity index (χ2v) is 7.91. The molecule has 0 spiro atoms. The fourth-order valence-corrected chi connectivity index (χ4v) is 4.07. The van der Waals surface area contributed by atoms with Crippen molar-refractivity contribution in [2.75, 3.05) is 7.11 Å². The lowest BCUT2D eigenvalue weighted by molar-refractivity contribution is 0.0691. The van der Waals surface area contributed by atoms with Gasteiger partial charge in [0.1, 0.15) is 5.75 Å². The molecule has 0 aliphatic carbocycles. The van der Waals surface area contributed by atoms with Crippen molar-refractivity contribution >= 4 is 58.3 Å². The molecule has 1 atom stereocenters. The Kier molecular flexibility index (Phi) is 7.34. The number of hydrogen-bond acceptors (Lipinski definition) is 3. The van der Waals surface area contributed by atoms with Crippen LogP contribution in [-0.2, 0) is 0 Å². The summed E-state index contributed by atoms with van der Waals surface area (Å²) >= 11 is 24.3. The molecule has 0 saturated carbocycles. The lowest BCUT2D eigenvalue weighted by Crippen LogP contribution is -2.31. The van der Waals surface area contributed by atoms with Crippen molar-refractivity contribution in [3.05, 3.63) is 96.9 Å². The van der Waals surface area contributed by atoms with Crippen LogP contribution < -0.4 is 10.1 Å². The van der Waals surface area contributed by atoms with E-state index in [1.165, 1.54) is 0 Å². The zero-order valence-electron chi connectivity index (χ0n) is 16.0. The summed E-state index contributed by atoms with van der Waals surface area (Å²) in [6.07, 6.45) is 0. The van der Waals surface area contributed by atoms with Gasteiger partial charge in [-0.1, -0.05) is 88.9 Å². The molecule has 0 heterocycles. The van der Waals surface area contributed by atoms with Gasteiger partial charge >= 0.3 is 5.97 Å². The highest BCUT2D eigenvalue weighted by Gasteiger charge is 2.30. The third-order valence-electron chi connectivity index (χ3n) is 4.57. The summed E-state index contributed by atoms with van der Waals surface area (Å²) < 4.78 is 5.19. The van der Waals surface area contributed by atoms with Gasteiger partial charge in [-0.25, -0.2) is 4.79 Å². The zero-order chi connectivity index (χ0) is 22.7. The van der Waals surface area contributed by atoms with E-state index in [4.69, 9.17) is 51.1 Å². The van der Waals surface area contributed by atoms with Crippen LogP contribution in [0.5, 0.6) is 5.75 Å². The Bertz CT molecular complexity index is 1130. The van der Waals surface area contributed by atoms with E-state index in [0.717, 1.165) is 11.1 Å². The lowest BCUT2D eigenvalue weighted by atomic mass is 9.97. The van der Waals surface area contributed by atoms with E-state index in [1.807, 2.05) is 30.3 Å². The van der Waals surface area contributed by atoms with E-state index in [0.29, 0.717) is 5.75 Å². The number of ether oxygens (including phenoxy) is 1. The minimum atomic E-state index is -1.46. The predicted octanol–water partition coefficient (Wildman–Crippen LogP) is 6.53. The van der Waals surface area contributed by atoms with Gasteiger partial charge in [-0.2, -0.15) is 0 Å². The number of nitrogens with one attached hydrogen (secondary N) is 1. The Morgan fingerprint density at radius 3 is 1.84 bits per heavy atom. The number of carbonyl (C=O) groups is 2. The topological polar surface area (TPSA) is 75.6 Å². The number of carboxylic acid groups (broad SMARTS) is 1. The van der Waals surface area contributed by atoms with Crippen molar-refractivity contribution < 1.29 is 19.4 Å². The number of methoxy groups -OCH3 is 1. The first-order chi connectivity index (χ1) is 14.8. The van der Waals surface area contributed by atoms with Crippen molar-refractivity contribution in [1.29, 1.82) is 0 Å². The maximum absolute atomic E-state index is 13.2. The van der Waals surface area contributed by atoms with Crippen LogP contribution in [0.4, 0.5) is 0 Å². The van der Waals surface area contributed by atoms with Crippen LogP contribution >= 0.6 is 46.4 Å². The van der Waals surface area contributed by atoms with Crippen LogP contribution in [-0.4, -0.2) is 24.1 Å². The molecule has 0 aliphatic heterocycles. The third-order valence-corrected chi connectivity index (χ3v) is 6.37. The molecule has 160 valence electrons. The number of benzene rings is 3. The molecule has 0 aromatic heterocycles. The molecule has 0 unspecified atom stereocenters. The minimum absolute atomic E-state index is 0.204. The fraction of sp³-hybridized carbons (Fsp3) is 0.0909. The number of carboxylic acids is 1. The second kappa shape index (κ2) is 9.79. The number of hydrogen-bond donors (Lipinski definition) is 2. The van der Waals surface area contributed by atoms with Gasteiger partial charge in [-0.3, -0.25) is 4.79 Å². The van der Waals surface area contributed by atoms with E-state index in [2.05, 4.69) is 5.32 Å². The smallest absolute Gasteiger partial charge is 0.338 e. The Morgan fingerprint density at radius 2 is 1.32 bits per heavy atom. The normalized spacial score (nSPS) is 11.6. The summed E-state index contributed by atoms with van der Waals surface area (Å²) in [5.41, 5.74) is 0.600. The molecule has 0 radical (unpaired) electrons. The van der Waals surface area contributed by atoms with E-state index in [1.54, 1.807) is 31.4 Å². The van der Waals surface area contributed by atoms with Crippen LogP contribution in [0.25, 0.3) is 0 Å². The van der Waals surface area contributed by atoms with Gasteiger partial charge in [0.25, 0.3) is 5.91 Å². The number of halogens is 4. The van der Waals surface area contributed by atoms with Gasteiger partial charge in [0.15, 0.2) is 0 Å². The molecule has 3 aromatic rings. The molecule has 3 rings (SSSR count). The van der Waals surface area contributed by atoms with Gasteiger partial charge in [0.2, 0.25) is 0 Å². The molecule has 1 amide bonds. The van der Waals surface area contributed by atoms with E-state index >= 15 is 0 Å². The van der Waals surface area contributed by atoms with Crippen molar-refractivity contribution in [2.24, 2.45) is 0 Å².